The Balaban J connectivity index is 2.41. The van der Waals surface area contributed by atoms with Gasteiger partial charge in [0.2, 0.25) is 0 Å². The number of halogens is 2. The van der Waals surface area contributed by atoms with Crippen molar-refractivity contribution in [1.82, 2.24) is 0 Å². The summed E-state index contributed by atoms with van der Waals surface area (Å²) in [5.74, 6) is -1.68. The minimum Gasteiger partial charge on any atom is -0.223 e. The summed E-state index contributed by atoms with van der Waals surface area (Å²) < 4.78 is 50.2. The van der Waals surface area contributed by atoms with Crippen LogP contribution in [0.2, 0.25) is 0 Å². The molecule has 0 atom stereocenters. The summed E-state index contributed by atoms with van der Waals surface area (Å²) in [7, 11) is -3.76. The van der Waals surface area contributed by atoms with Crippen molar-refractivity contribution < 1.29 is 17.2 Å². The smallest absolute Gasteiger partial charge is 0.182 e. The Morgan fingerprint density at radius 2 is 1.60 bits per heavy atom. The fourth-order valence-electron chi connectivity index (χ4n) is 1.72. The number of benzene rings is 2. The molecule has 0 N–H and O–H groups in total. The summed E-state index contributed by atoms with van der Waals surface area (Å²) in [6, 6.07) is 9.48. The predicted octanol–water partition coefficient (Wildman–Crippen LogP) is 2.81. The standard InChI is InChI=1S/C14H9F2NO2S/c15-12-3-5-14(6-4-12)20(18,19)9-11-7-13(16)2-1-10(11)8-17/h1-7H,9H2. The average Bonchev–Trinajstić information content (AvgIpc) is 2.39. The van der Waals surface area contributed by atoms with Gasteiger partial charge in [0.15, 0.2) is 9.84 Å². The van der Waals surface area contributed by atoms with E-state index in [9.17, 15) is 17.2 Å². The molecule has 0 aliphatic carbocycles. The van der Waals surface area contributed by atoms with Crippen molar-refractivity contribution >= 4 is 9.84 Å². The van der Waals surface area contributed by atoms with Crippen molar-refractivity contribution in [2.24, 2.45) is 0 Å². The number of rotatable bonds is 3. The molecule has 0 radical (unpaired) electrons. The predicted molar refractivity (Wildman–Crippen MR) is 68.4 cm³/mol. The summed E-state index contributed by atoms with van der Waals surface area (Å²) in [4.78, 5) is -0.0768. The molecule has 0 aromatic heterocycles. The summed E-state index contributed by atoms with van der Waals surface area (Å²) >= 11 is 0. The van der Waals surface area contributed by atoms with E-state index < -0.39 is 27.2 Å². The molecule has 20 heavy (non-hydrogen) atoms. The summed E-state index contributed by atoms with van der Waals surface area (Å²) in [5, 5.41) is 8.90. The van der Waals surface area contributed by atoms with Gasteiger partial charge in [-0.1, -0.05) is 0 Å². The molecule has 0 bridgehead atoms. The lowest BCUT2D eigenvalue weighted by Crippen LogP contribution is -2.06. The maximum Gasteiger partial charge on any atom is 0.182 e. The Morgan fingerprint density at radius 1 is 1.00 bits per heavy atom. The highest BCUT2D eigenvalue weighted by atomic mass is 32.2. The molecule has 3 nitrogen and oxygen atoms in total. The molecule has 2 aromatic rings. The largest absolute Gasteiger partial charge is 0.223 e. The highest BCUT2D eigenvalue weighted by molar-refractivity contribution is 7.90. The molecular weight excluding hydrogens is 284 g/mol. The maximum absolute atomic E-state index is 13.2. The van der Waals surface area contributed by atoms with Crippen molar-refractivity contribution in [2.75, 3.05) is 0 Å². The molecule has 0 saturated carbocycles. The molecule has 102 valence electrons. The zero-order chi connectivity index (χ0) is 14.8. The van der Waals surface area contributed by atoms with Crippen LogP contribution in [0.5, 0.6) is 0 Å². The Kier molecular flexibility index (Phi) is 3.81. The van der Waals surface area contributed by atoms with Crippen LogP contribution < -0.4 is 0 Å². The van der Waals surface area contributed by atoms with Gasteiger partial charge in [-0.05, 0) is 48.0 Å². The third-order valence-electron chi connectivity index (χ3n) is 2.71. The van der Waals surface area contributed by atoms with Gasteiger partial charge in [-0.15, -0.1) is 0 Å². The number of hydrogen-bond donors (Lipinski definition) is 0. The molecule has 0 unspecified atom stereocenters. The lowest BCUT2D eigenvalue weighted by molar-refractivity contribution is 0.593. The van der Waals surface area contributed by atoms with Crippen molar-refractivity contribution in [3.05, 3.63) is 65.2 Å². The number of nitriles is 1. The molecule has 0 amide bonds. The van der Waals surface area contributed by atoms with Gasteiger partial charge in [0, 0.05) is 0 Å². The third kappa shape index (κ3) is 3.00. The number of hydrogen-bond acceptors (Lipinski definition) is 3. The highest BCUT2D eigenvalue weighted by Crippen LogP contribution is 2.20. The summed E-state index contributed by atoms with van der Waals surface area (Å²) in [6.07, 6.45) is 0. The molecular formula is C14H9F2NO2S. The van der Waals surface area contributed by atoms with E-state index in [2.05, 4.69) is 0 Å². The maximum atomic E-state index is 13.2. The average molecular weight is 293 g/mol. The van der Waals surface area contributed by atoms with Crippen LogP contribution in [0.3, 0.4) is 0 Å². The summed E-state index contributed by atoms with van der Waals surface area (Å²) in [6.45, 7) is 0. The van der Waals surface area contributed by atoms with Gasteiger partial charge in [-0.25, -0.2) is 17.2 Å². The molecule has 0 heterocycles. The minimum absolute atomic E-state index is 0.0768. The van der Waals surface area contributed by atoms with E-state index in [1.165, 1.54) is 6.07 Å². The quantitative estimate of drug-likeness (QED) is 0.818. The van der Waals surface area contributed by atoms with E-state index >= 15 is 0 Å². The molecule has 2 aromatic carbocycles. The van der Waals surface area contributed by atoms with Gasteiger partial charge in [0.25, 0.3) is 0 Å². The highest BCUT2D eigenvalue weighted by Gasteiger charge is 2.18. The van der Waals surface area contributed by atoms with Crippen molar-refractivity contribution in [3.63, 3.8) is 0 Å². The molecule has 0 aliphatic rings. The Bertz CT molecular complexity index is 778. The number of nitrogens with zero attached hydrogens (tertiary/aromatic N) is 1. The molecule has 0 saturated heterocycles. The van der Waals surface area contributed by atoms with Crippen LogP contribution in [0.4, 0.5) is 8.78 Å². The van der Waals surface area contributed by atoms with E-state index in [0.717, 1.165) is 36.4 Å². The molecule has 2 rings (SSSR count). The van der Waals surface area contributed by atoms with Gasteiger partial charge in [-0.3, -0.25) is 0 Å². The third-order valence-corrected chi connectivity index (χ3v) is 4.39. The Morgan fingerprint density at radius 3 is 2.20 bits per heavy atom. The zero-order valence-electron chi connectivity index (χ0n) is 10.2. The van der Waals surface area contributed by atoms with E-state index in [4.69, 9.17) is 5.26 Å². The SMILES string of the molecule is N#Cc1ccc(F)cc1CS(=O)(=O)c1ccc(F)cc1. The van der Waals surface area contributed by atoms with E-state index in [1.807, 2.05) is 6.07 Å². The first kappa shape index (κ1) is 14.2. The number of sulfone groups is 1. The van der Waals surface area contributed by atoms with Gasteiger partial charge in [0.1, 0.15) is 11.6 Å². The fraction of sp³-hybridized carbons (Fsp3) is 0.0714. The van der Waals surface area contributed by atoms with Gasteiger partial charge in [-0.2, -0.15) is 5.26 Å². The first-order valence-electron chi connectivity index (χ1n) is 5.59. The van der Waals surface area contributed by atoms with Crippen LogP contribution in [0, 0.1) is 23.0 Å². The van der Waals surface area contributed by atoms with Crippen LogP contribution in [-0.2, 0) is 15.6 Å². The summed E-state index contributed by atoms with van der Waals surface area (Å²) in [5.41, 5.74) is 0.175. The normalized spacial score (nSPS) is 11.1. The van der Waals surface area contributed by atoms with Crippen LogP contribution in [0.15, 0.2) is 47.4 Å². The van der Waals surface area contributed by atoms with Crippen molar-refractivity contribution in [3.8, 4) is 6.07 Å². The van der Waals surface area contributed by atoms with Crippen LogP contribution in [-0.4, -0.2) is 8.42 Å². The molecule has 0 fully saturated rings. The first-order valence-corrected chi connectivity index (χ1v) is 7.24. The monoisotopic (exact) mass is 293 g/mol. The zero-order valence-corrected chi connectivity index (χ0v) is 11.0. The van der Waals surface area contributed by atoms with Crippen molar-refractivity contribution in [2.45, 2.75) is 10.6 Å². The molecule has 6 heteroatoms. The lowest BCUT2D eigenvalue weighted by atomic mass is 10.1. The van der Waals surface area contributed by atoms with Gasteiger partial charge < -0.3 is 0 Å². The molecule has 0 aliphatic heterocycles. The van der Waals surface area contributed by atoms with Crippen LogP contribution >= 0.6 is 0 Å². The fourth-order valence-corrected chi connectivity index (χ4v) is 3.09. The lowest BCUT2D eigenvalue weighted by Gasteiger charge is -2.06. The topological polar surface area (TPSA) is 57.9 Å². The van der Waals surface area contributed by atoms with E-state index in [0.29, 0.717) is 0 Å². The molecule has 0 spiro atoms. The van der Waals surface area contributed by atoms with Gasteiger partial charge in [0.05, 0.1) is 22.3 Å². The first-order chi connectivity index (χ1) is 9.42. The second kappa shape index (κ2) is 5.39. The van der Waals surface area contributed by atoms with Crippen LogP contribution in [0.1, 0.15) is 11.1 Å². The van der Waals surface area contributed by atoms with E-state index in [-0.39, 0.29) is 16.0 Å². The second-order valence-corrected chi connectivity index (χ2v) is 6.12. The minimum atomic E-state index is -3.76. The Hall–Kier alpha value is -2.26. The van der Waals surface area contributed by atoms with E-state index in [1.54, 1.807) is 0 Å². The van der Waals surface area contributed by atoms with Crippen molar-refractivity contribution in [1.29, 1.82) is 5.26 Å². The second-order valence-electron chi connectivity index (χ2n) is 4.13. The van der Waals surface area contributed by atoms with Gasteiger partial charge >= 0.3 is 0 Å². The Labute approximate surface area is 115 Å². The van der Waals surface area contributed by atoms with Crippen LogP contribution in [0.25, 0.3) is 0 Å².